The van der Waals surface area contributed by atoms with E-state index in [0.29, 0.717) is 15.4 Å². The molecule has 0 amide bonds. The minimum absolute atomic E-state index is 0.116. The van der Waals surface area contributed by atoms with Gasteiger partial charge in [-0.25, -0.2) is 4.39 Å². The summed E-state index contributed by atoms with van der Waals surface area (Å²) in [5.41, 5.74) is 0.941. The summed E-state index contributed by atoms with van der Waals surface area (Å²) in [4.78, 5) is 23.7. The molecule has 1 aliphatic heterocycles. The first-order valence-electron chi connectivity index (χ1n) is 5.82. The monoisotopic (exact) mass is 289 g/mol. The zero-order valence-electron chi connectivity index (χ0n) is 10.1. The van der Waals surface area contributed by atoms with Crippen molar-refractivity contribution in [1.29, 1.82) is 0 Å². The van der Waals surface area contributed by atoms with Gasteiger partial charge in [-0.15, -0.1) is 0 Å². The molecule has 0 N–H and O–H groups in total. The summed E-state index contributed by atoms with van der Waals surface area (Å²) in [6, 6.07) is 8.44. The van der Waals surface area contributed by atoms with E-state index in [2.05, 4.69) is 0 Å². The molecule has 1 heterocycles. The smallest absolute Gasteiger partial charge is 0.270 e. The lowest BCUT2D eigenvalue weighted by Gasteiger charge is -2.04. The van der Waals surface area contributed by atoms with Gasteiger partial charge in [0.05, 0.1) is 4.92 Å². The van der Waals surface area contributed by atoms with Gasteiger partial charge in [-0.05, 0) is 23.8 Å². The van der Waals surface area contributed by atoms with Gasteiger partial charge < -0.3 is 0 Å². The van der Waals surface area contributed by atoms with Crippen molar-refractivity contribution in [2.45, 2.75) is 16.2 Å². The van der Waals surface area contributed by atoms with E-state index >= 15 is 0 Å². The van der Waals surface area contributed by atoms with Crippen LogP contribution in [0.15, 0.2) is 46.2 Å². The van der Waals surface area contributed by atoms with E-state index in [1.165, 1.54) is 42.1 Å². The third-order valence-electron chi connectivity index (χ3n) is 3.07. The molecule has 3 rings (SSSR count). The fraction of sp³-hybridized carbons (Fsp3) is 0.0714. The molecule has 0 fully saturated rings. The number of hydrogen-bond acceptors (Lipinski definition) is 4. The fourth-order valence-corrected chi connectivity index (χ4v) is 3.19. The summed E-state index contributed by atoms with van der Waals surface area (Å²) in [6.45, 7) is 0. The van der Waals surface area contributed by atoms with Crippen molar-refractivity contribution in [2.75, 3.05) is 0 Å². The van der Waals surface area contributed by atoms with E-state index < -0.39 is 4.92 Å². The molecular formula is C14H8FNO3S. The first-order chi connectivity index (χ1) is 9.54. The maximum Gasteiger partial charge on any atom is 0.270 e. The Hall–Kier alpha value is -2.21. The predicted octanol–water partition coefficient (Wildman–Crippen LogP) is 3.62. The Morgan fingerprint density at radius 1 is 1.15 bits per heavy atom. The van der Waals surface area contributed by atoms with Crippen molar-refractivity contribution in [3.63, 3.8) is 0 Å². The van der Waals surface area contributed by atoms with Crippen LogP contribution in [0, 0.1) is 15.9 Å². The van der Waals surface area contributed by atoms with E-state index in [9.17, 15) is 19.3 Å². The summed E-state index contributed by atoms with van der Waals surface area (Å²) in [6.07, 6.45) is 0.122. The molecule has 2 aromatic rings. The Morgan fingerprint density at radius 3 is 2.70 bits per heavy atom. The summed E-state index contributed by atoms with van der Waals surface area (Å²) in [7, 11) is 0. The number of non-ortho nitro benzene ring substituents is 1. The van der Waals surface area contributed by atoms with Crippen LogP contribution in [0.1, 0.15) is 15.9 Å². The van der Waals surface area contributed by atoms with Gasteiger partial charge in [0.25, 0.3) is 5.69 Å². The van der Waals surface area contributed by atoms with Crippen LogP contribution >= 0.6 is 11.8 Å². The summed E-state index contributed by atoms with van der Waals surface area (Å²) in [5, 5.41) is 10.8. The molecule has 6 heteroatoms. The summed E-state index contributed by atoms with van der Waals surface area (Å²) >= 11 is 1.26. The molecular weight excluding hydrogens is 281 g/mol. The van der Waals surface area contributed by atoms with Gasteiger partial charge in [0.1, 0.15) is 5.82 Å². The number of nitro benzene ring substituents is 1. The average molecular weight is 289 g/mol. The van der Waals surface area contributed by atoms with E-state index in [0.717, 1.165) is 5.56 Å². The van der Waals surface area contributed by atoms with Gasteiger partial charge in [0.2, 0.25) is 0 Å². The number of carbonyl (C=O) groups is 1. The third kappa shape index (κ3) is 2.18. The largest absolute Gasteiger partial charge is 0.294 e. The lowest BCUT2D eigenvalue weighted by atomic mass is 10.0. The number of hydrogen-bond donors (Lipinski definition) is 0. The Bertz CT molecular complexity index is 745. The zero-order valence-corrected chi connectivity index (χ0v) is 10.9. The molecule has 0 aliphatic carbocycles. The predicted molar refractivity (Wildman–Crippen MR) is 71.7 cm³/mol. The molecule has 1 aliphatic rings. The molecule has 0 saturated carbocycles. The van der Waals surface area contributed by atoms with Crippen LogP contribution in [-0.2, 0) is 6.42 Å². The average Bonchev–Trinajstić information content (AvgIpc) is 2.54. The number of halogens is 1. The van der Waals surface area contributed by atoms with Crippen molar-refractivity contribution >= 4 is 23.2 Å². The number of benzene rings is 2. The normalized spacial score (nSPS) is 13.3. The van der Waals surface area contributed by atoms with Gasteiger partial charge in [-0.2, -0.15) is 0 Å². The van der Waals surface area contributed by atoms with Crippen LogP contribution in [0.2, 0.25) is 0 Å². The SMILES string of the molecule is O=C1Cc2ccc(F)cc2Sc2ccc([N+](=O)[O-])cc21. The van der Waals surface area contributed by atoms with Crippen LogP contribution in [-0.4, -0.2) is 10.7 Å². The maximum absolute atomic E-state index is 13.3. The molecule has 0 radical (unpaired) electrons. The highest BCUT2D eigenvalue weighted by atomic mass is 32.2. The van der Waals surface area contributed by atoms with Gasteiger partial charge >= 0.3 is 0 Å². The second kappa shape index (κ2) is 4.72. The number of ketones is 1. The van der Waals surface area contributed by atoms with Crippen LogP contribution in [0.5, 0.6) is 0 Å². The Labute approximate surface area is 117 Å². The number of nitro groups is 1. The lowest BCUT2D eigenvalue weighted by molar-refractivity contribution is -0.384. The van der Waals surface area contributed by atoms with Crippen LogP contribution in [0.3, 0.4) is 0 Å². The van der Waals surface area contributed by atoms with Crippen LogP contribution < -0.4 is 0 Å². The topological polar surface area (TPSA) is 60.2 Å². The quantitative estimate of drug-likeness (QED) is 0.594. The highest BCUT2D eigenvalue weighted by Crippen LogP contribution is 2.38. The molecule has 20 heavy (non-hydrogen) atoms. The van der Waals surface area contributed by atoms with E-state index in [1.807, 2.05) is 0 Å². The lowest BCUT2D eigenvalue weighted by Crippen LogP contribution is -2.04. The minimum Gasteiger partial charge on any atom is -0.294 e. The molecule has 0 saturated heterocycles. The maximum atomic E-state index is 13.3. The van der Waals surface area contributed by atoms with Gasteiger partial charge in [0, 0.05) is 33.9 Å². The highest BCUT2D eigenvalue weighted by molar-refractivity contribution is 7.99. The van der Waals surface area contributed by atoms with E-state index in [-0.39, 0.29) is 23.7 Å². The number of Topliss-reactive ketones (excluding diaryl/α,β-unsaturated/α-hetero) is 1. The van der Waals surface area contributed by atoms with Crippen molar-refractivity contribution in [1.82, 2.24) is 0 Å². The van der Waals surface area contributed by atoms with Crippen LogP contribution in [0.4, 0.5) is 10.1 Å². The highest BCUT2D eigenvalue weighted by Gasteiger charge is 2.23. The van der Waals surface area contributed by atoms with E-state index in [4.69, 9.17) is 0 Å². The molecule has 0 spiro atoms. The Balaban J connectivity index is 2.13. The molecule has 0 unspecified atom stereocenters. The van der Waals surface area contributed by atoms with Gasteiger partial charge in [-0.1, -0.05) is 17.8 Å². The second-order valence-corrected chi connectivity index (χ2v) is 5.48. The number of nitrogens with zero attached hydrogens (tertiary/aromatic N) is 1. The minimum atomic E-state index is -0.532. The fourth-order valence-electron chi connectivity index (χ4n) is 2.09. The van der Waals surface area contributed by atoms with Crippen molar-refractivity contribution < 1.29 is 14.1 Å². The Kier molecular flexibility index (Phi) is 3.02. The molecule has 2 aromatic carbocycles. The van der Waals surface area contributed by atoms with Crippen molar-refractivity contribution in [3.8, 4) is 0 Å². The molecule has 0 atom stereocenters. The number of carbonyl (C=O) groups excluding carboxylic acids is 1. The third-order valence-corrected chi connectivity index (χ3v) is 4.25. The van der Waals surface area contributed by atoms with Crippen molar-refractivity contribution in [3.05, 3.63) is 63.5 Å². The molecule has 100 valence electrons. The second-order valence-electron chi connectivity index (χ2n) is 4.39. The summed E-state index contributed by atoms with van der Waals surface area (Å²) in [5.74, 6) is -0.560. The molecule has 0 aromatic heterocycles. The van der Waals surface area contributed by atoms with Gasteiger partial charge in [-0.3, -0.25) is 14.9 Å². The standard InChI is InChI=1S/C14H8FNO3S/c15-9-2-1-8-5-12(17)11-7-10(16(18)19)3-4-13(11)20-14(8)6-9/h1-4,6-7H,5H2. The Morgan fingerprint density at radius 2 is 1.95 bits per heavy atom. The van der Waals surface area contributed by atoms with Gasteiger partial charge in [0.15, 0.2) is 5.78 Å². The first kappa shape index (κ1) is 12.8. The molecule has 0 bridgehead atoms. The number of rotatable bonds is 1. The van der Waals surface area contributed by atoms with Crippen LogP contribution in [0.25, 0.3) is 0 Å². The number of fused-ring (bicyclic) bond motifs is 2. The molecule has 4 nitrogen and oxygen atoms in total. The van der Waals surface area contributed by atoms with Crippen molar-refractivity contribution in [2.24, 2.45) is 0 Å². The first-order valence-corrected chi connectivity index (χ1v) is 6.64. The zero-order chi connectivity index (χ0) is 14.3. The summed E-state index contributed by atoms with van der Waals surface area (Å²) < 4.78 is 13.3. The van der Waals surface area contributed by atoms with E-state index in [1.54, 1.807) is 6.07 Å².